The summed E-state index contributed by atoms with van der Waals surface area (Å²) in [6.07, 6.45) is 1.55. The lowest BCUT2D eigenvalue weighted by Gasteiger charge is -2.13. The molecule has 0 unspecified atom stereocenters. The normalized spacial score (nSPS) is 10.1. The molecule has 1 amide bonds. The predicted molar refractivity (Wildman–Crippen MR) is 86.5 cm³/mol. The Labute approximate surface area is 130 Å². The lowest BCUT2D eigenvalue weighted by atomic mass is 10.1. The molecule has 0 aliphatic heterocycles. The van der Waals surface area contributed by atoms with E-state index in [9.17, 15) is 9.59 Å². The fourth-order valence-electron chi connectivity index (χ4n) is 2.23. The summed E-state index contributed by atoms with van der Waals surface area (Å²) in [6, 6.07) is 12.7. The molecule has 0 aliphatic carbocycles. The van der Waals surface area contributed by atoms with E-state index in [1.807, 2.05) is 32.0 Å². The Hall–Kier alpha value is -2.62. The molecule has 0 bridgehead atoms. The SMILES string of the molecule is CCc1cccc(C)c1NC(=O)COc1ccccc1C=O. The van der Waals surface area contributed by atoms with Gasteiger partial charge in [-0.05, 0) is 36.6 Å². The lowest BCUT2D eigenvalue weighted by Crippen LogP contribution is -2.21. The first kappa shape index (κ1) is 15.8. The van der Waals surface area contributed by atoms with Gasteiger partial charge in [-0.25, -0.2) is 0 Å². The largest absolute Gasteiger partial charge is 0.483 e. The number of carbonyl (C=O) groups is 2. The first-order chi connectivity index (χ1) is 10.7. The minimum atomic E-state index is -0.246. The molecule has 0 saturated carbocycles. The van der Waals surface area contributed by atoms with Crippen LogP contribution in [-0.2, 0) is 11.2 Å². The number of hydrogen-bond donors (Lipinski definition) is 1. The number of hydrogen-bond acceptors (Lipinski definition) is 3. The van der Waals surface area contributed by atoms with Crippen molar-refractivity contribution in [2.24, 2.45) is 0 Å². The second-order valence-corrected chi connectivity index (χ2v) is 4.96. The summed E-state index contributed by atoms with van der Waals surface area (Å²) in [4.78, 5) is 23.0. The van der Waals surface area contributed by atoms with Gasteiger partial charge in [-0.15, -0.1) is 0 Å². The Morgan fingerprint density at radius 3 is 2.68 bits per heavy atom. The van der Waals surface area contributed by atoms with Crippen LogP contribution in [0.25, 0.3) is 0 Å². The van der Waals surface area contributed by atoms with Gasteiger partial charge in [0.25, 0.3) is 5.91 Å². The molecular formula is C18H19NO3. The van der Waals surface area contributed by atoms with Gasteiger partial charge in [0.05, 0.1) is 5.56 Å². The molecule has 4 heteroatoms. The molecule has 1 N–H and O–H groups in total. The molecule has 0 aliphatic rings. The van der Waals surface area contributed by atoms with E-state index in [1.54, 1.807) is 24.3 Å². The number of aryl methyl sites for hydroxylation is 2. The van der Waals surface area contributed by atoms with E-state index in [0.29, 0.717) is 17.6 Å². The quantitative estimate of drug-likeness (QED) is 0.832. The minimum absolute atomic E-state index is 0.137. The van der Waals surface area contributed by atoms with Crippen molar-refractivity contribution in [1.82, 2.24) is 0 Å². The van der Waals surface area contributed by atoms with Crippen molar-refractivity contribution in [3.05, 3.63) is 59.2 Å². The van der Waals surface area contributed by atoms with E-state index in [1.165, 1.54) is 0 Å². The van der Waals surface area contributed by atoms with Crippen molar-refractivity contribution < 1.29 is 14.3 Å². The van der Waals surface area contributed by atoms with E-state index in [4.69, 9.17) is 4.74 Å². The first-order valence-corrected chi connectivity index (χ1v) is 7.21. The summed E-state index contributed by atoms with van der Waals surface area (Å²) in [5, 5.41) is 2.89. The maximum Gasteiger partial charge on any atom is 0.262 e. The van der Waals surface area contributed by atoms with Gasteiger partial charge >= 0.3 is 0 Å². The maximum absolute atomic E-state index is 12.1. The van der Waals surface area contributed by atoms with Crippen LogP contribution < -0.4 is 10.1 Å². The molecule has 22 heavy (non-hydrogen) atoms. The highest BCUT2D eigenvalue weighted by Gasteiger charge is 2.10. The van der Waals surface area contributed by atoms with Crippen LogP contribution in [-0.4, -0.2) is 18.8 Å². The van der Waals surface area contributed by atoms with E-state index in [-0.39, 0.29) is 12.5 Å². The highest BCUT2D eigenvalue weighted by molar-refractivity contribution is 5.93. The summed E-state index contributed by atoms with van der Waals surface area (Å²) in [7, 11) is 0. The summed E-state index contributed by atoms with van der Waals surface area (Å²) in [6.45, 7) is 3.86. The van der Waals surface area contributed by atoms with E-state index in [2.05, 4.69) is 5.32 Å². The molecule has 0 fully saturated rings. The second kappa shape index (κ2) is 7.41. The molecule has 2 rings (SSSR count). The zero-order valence-electron chi connectivity index (χ0n) is 12.8. The number of carbonyl (C=O) groups excluding carboxylic acids is 2. The van der Waals surface area contributed by atoms with Crippen molar-refractivity contribution >= 4 is 17.9 Å². The van der Waals surface area contributed by atoms with Crippen molar-refractivity contribution in [3.8, 4) is 5.75 Å². The number of anilines is 1. The predicted octanol–water partition coefficient (Wildman–Crippen LogP) is 3.39. The topological polar surface area (TPSA) is 55.4 Å². The van der Waals surface area contributed by atoms with E-state index < -0.39 is 0 Å². The van der Waals surface area contributed by atoms with Crippen molar-refractivity contribution in [3.63, 3.8) is 0 Å². The van der Waals surface area contributed by atoms with Gasteiger partial charge in [-0.2, -0.15) is 0 Å². The number of benzene rings is 2. The number of ether oxygens (including phenoxy) is 1. The van der Waals surface area contributed by atoms with Gasteiger partial charge in [-0.3, -0.25) is 9.59 Å². The molecule has 2 aromatic carbocycles. The standard InChI is InChI=1S/C18H19NO3/c1-3-14-9-6-7-13(2)18(14)19-17(21)12-22-16-10-5-4-8-15(16)11-20/h4-11H,3,12H2,1-2H3,(H,19,21). The molecule has 0 atom stereocenters. The number of rotatable bonds is 6. The molecule has 0 saturated heterocycles. The molecule has 114 valence electrons. The highest BCUT2D eigenvalue weighted by Crippen LogP contribution is 2.21. The summed E-state index contributed by atoms with van der Waals surface area (Å²) in [5.74, 6) is 0.165. The fraction of sp³-hybridized carbons (Fsp3) is 0.222. The Morgan fingerprint density at radius 1 is 1.18 bits per heavy atom. The molecule has 0 heterocycles. The average molecular weight is 297 g/mol. The van der Waals surface area contributed by atoms with Crippen LogP contribution in [0.15, 0.2) is 42.5 Å². The molecular weight excluding hydrogens is 278 g/mol. The smallest absolute Gasteiger partial charge is 0.262 e. The van der Waals surface area contributed by atoms with Crippen LogP contribution in [0, 0.1) is 6.92 Å². The highest BCUT2D eigenvalue weighted by atomic mass is 16.5. The third-order valence-corrected chi connectivity index (χ3v) is 3.41. The molecule has 2 aromatic rings. The summed E-state index contributed by atoms with van der Waals surface area (Å²) in [5.41, 5.74) is 3.37. The molecule has 0 spiro atoms. The monoisotopic (exact) mass is 297 g/mol. The van der Waals surface area contributed by atoms with Crippen LogP contribution in [0.3, 0.4) is 0 Å². The van der Waals surface area contributed by atoms with Gasteiger partial charge in [0, 0.05) is 5.69 Å². The van der Waals surface area contributed by atoms with Crippen LogP contribution in [0.1, 0.15) is 28.4 Å². The van der Waals surface area contributed by atoms with Gasteiger partial charge in [0.1, 0.15) is 5.75 Å². The van der Waals surface area contributed by atoms with Crippen LogP contribution in [0.5, 0.6) is 5.75 Å². The van der Waals surface area contributed by atoms with Gasteiger partial charge in [0.15, 0.2) is 12.9 Å². The Kier molecular flexibility index (Phi) is 5.31. The third kappa shape index (κ3) is 3.73. The Balaban J connectivity index is 2.04. The molecule has 0 aromatic heterocycles. The average Bonchev–Trinajstić information content (AvgIpc) is 2.55. The molecule has 4 nitrogen and oxygen atoms in total. The number of para-hydroxylation sites is 2. The van der Waals surface area contributed by atoms with Crippen LogP contribution >= 0.6 is 0 Å². The Morgan fingerprint density at radius 2 is 1.95 bits per heavy atom. The van der Waals surface area contributed by atoms with Gasteiger partial charge in [0.2, 0.25) is 0 Å². The van der Waals surface area contributed by atoms with Gasteiger partial charge < -0.3 is 10.1 Å². The van der Waals surface area contributed by atoms with E-state index in [0.717, 1.165) is 23.2 Å². The summed E-state index contributed by atoms with van der Waals surface area (Å²) >= 11 is 0. The number of aldehydes is 1. The van der Waals surface area contributed by atoms with Crippen molar-refractivity contribution in [2.75, 3.05) is 11.9 Å². The zero-order valence-corrected chi connectivity index (χ0v) is 12.8. The number of amides is 1. The van der Waals surface area contributed by atoms with Crippen LogP contribution in [0.4, 0.5) is 5.69 Å². The Bertz CT molecular complexity index is 680. The minimum Gasteiger partial charge on any atom is -0.483 e. The zero-order chi connectivity index (χ0) is 15.9. The maximum atomic E-state index is 12.1. The number of nitrogens with one attached hydrogen (secondary N) is 1. The third-order valence-electron chi connectivity index (χ3n) is 3.41. The van der Waals surface area contributed by atoms with Crippen molar-refractivity contribution in [2.45, 2.75) is 20.3 Å². The fourth-order valence-corrected chi connectivity index (χ4v) is 2.23. The molecule has 0 radical (unpaired) electrons. The first-order valence-electron chi connectivity index (χ1n) is 7.21. The lowest BCUT2D eigenvalue weighted by molar-refractivity contribution is -0.118. The van der Waals surface area contributed by atoms with Crippen molar-refractivity contribution in [1.29, 1.82) is 0 Å². The van der Waals surface area contributed by atoms with Gasteiger partial charge in [-0.1, -0.05) is 37.3 Å². The van der Waals surface area contributed by atoms with Crippen LogP contribution in [0.2, 0.25) is 0 Å². The second-order valence-electron chi connectivity index (χ2n) is 4.96. The van der Waals surface area contributed by atoms with E-state index >= 15 is 0 Å². The summed E-state index contributed by atoms with van der Waals surface area (Å²) < 4.78 is 5.43.